The maximum absolute atomic E-state index is 10.8. The Bertz CT molecular complexity index is 668. The minimum absolute atomic E-state index is 0.0303. The molecule has 2 heterocycles. The van der Waals surface area contributed by atoms with Gasteiger partial charge in [0, 0.05) is 12.7 Å². The average molecular weight is 291 g/mol. The highest BCUT2D eigenvalue weighted by molar-refractivity contribution is 7.99. The van der Waals surface area contributed by atoms with Gasteiger partial charge in [-0.3, -0.25) is 4.79 Å². The van der Waals surface area contributed by atoms with E-state index in [1.54, 1.807) is 6.20 Å². The van der Waals surface area contributed by atoms with Gasteiger partial charge in [0.05, 0.1) is 5.75 Å². The molecule has 1 N–H and O–H groups in total. The quantitative estimate of drug-likeness (QED) is 0.858. The molecule has 5 nitrogen and oxygen atoms in total. The summed E-state index contributed by atoms with van der Waals surface area (Å²) in [6, 6.07) is 1.94. The molecular weight excluding hydrogens is 274 g/mol. The fraction of sp³-hybridized carbons (Fsp3) is 0.500. The number of rotatable bonds is 5. The van der Waals surface area contributed by atoms with Crippen molar-refractivity contribution in [3.05, 3.63) is 17.8 Å². The smallest absolute Gasteiger partial charge is 0.313 e. The van der Waals surface area contributed by atoms with Crippen LogP contribution < -0.4 is 0 Å². The zero-order valence-electron chi connectivity index (χ0n) is 11.5. The van der Waals surface area contributed by atoms with Gasteiger partial charge in [0.2, 0.25) is 0 Å². The normalized spacial score (nSPS) is 21.3. The average Bonchev–Trinajstić information content (AvgIpc) is 2.96. The van der Waals surface area contributed by atoms with E-state index in [0.717, 1.165) is 34.3 Å². The number of hydrogen-bond acceptors (Lipinski definition) is 4. The third-order valence-corrected chi connectivity index (χ3v) is 4.78. The number of imidazole rings is 1. The molecule has 20 heavy (non-hydrogen) atoms. The summed E-state index contributed by atoms with van der Waals surface area (Å²) in [7, 11) is 0. The lowest BCUT2D eigenvalue weighted by atomic mass is 10.3. The molecule has 1 saturated carbocycles. The summed E-state index contributed by atoms with van der Waals surface area (Å²) in [4.78, 5) is 19.8. The highest BCUT2D eigenvalue weighted by Crippen LogP contribution is 2.40. The predicted molar refractivity (Wildman–Crippen MR) is 77.9 cm³/mol. The molecule has 1 fully saturated rings. The summed E-state index contributed by atoms with van der Waals surface area (Å²) < 4.78 is 2.09. The number of pyridine rings is 1. The van der Waals surface area contributed by atoms with Crippen LogP contribution in [0.1, 0.15) is 18.9 Å². The van der Waals surface area contributed by atoms with Crippen molar-refractivity contribution in [2.75, 3.05) is 5.75 Å². The first-order valence-electron chi connectivity index (χ1n) is 6.72. The SMILES string of the molecule is Cc1ccnc2c1nc(SCC(=O)O)n2CC1CC1C. The topological polar surface area (TPSA) is 68.0 Å². The molecule has 0 aliphatic heterocycles. The van der Waals surface area contributed by atoms with E-state index >= 15 is 0 Å². The highest BCUT2D eigenvalue weighted by Gasteiger charge is 2.34. The fourth-order valence-corrected chi connectivity index (χ4v) is 3.13. The van der Waals surface area contributed by atoms with Gasteiger partial charge in [-0.25, -0.2) is 9.97 Å². The molecule has 0 aromatic carbocycles. The third-order valence-electron chi connectivity index (χ3n) is 3.82. The third kappa shape index (κ3) is 2.52. The summed E-state index contributed by atoms with van der Waals surface area (Å²) in [5, 5.41) is 9.62. The Morgan fingerprint density at radius 1 is 1.60 bits per heavy atom. The molecule has 0 bridgehead atoms. The zero-order chi connectivity index (χ0) is 14.3. The first-order valence-corrected chi connectivity index (χ1v) is 7.71. The van der Waals surface area contributed by atoms with Crippen molar-refractivity contribution in [1.82, 2.24) is 14.5 Å². The van der Waals surface area contributed by atoms with Crippen LogP contribution in [0, 0.1) is 18.8 Å². The van der Waals surface area contributed by atoms with Crippen molar-refractivity contribution in [3.8, 4) is 0 Å². The molecule has 0 spiro atoms. The lowest BCUT2D eigenvalue weighted by Crippen LogP contribution is -2.06. The van der Waals surface area contributed by atoms with Gasteiger partial charge in [-0.1, -0.05) is 18.7 Å². The van der Waals surface area contributed by atoms with Crippen molar-refractivity contribution in [2.45, 2.75) is 32.0 Å². The van der Waals surface area contributed by atoms with Crippen molar-refractivity contribution < 1.29 is 9.90 Å². The number of nitrogens with zero attached hydrogens (tertiary/aromatic N) is 3. The predicted octanol–water partition coefficient (Wildman–Crippen LogP) is 2.57. The van der Waals surface area contributed by atoms with Gasteiger partial charge >= 0.3 is 5.97 Å². The summed E-state index contributed by atoms with van der Waals surface area (Å²) in [6.07, 6.45) is 3.02. The van der Waals surface area contributed by atoms with E-state index < -0.39 is 5.97 Å². The molecule has 6 heteroatoms. The Kier molecular flexibility index (Phi) is 3.41. The van der Waals surface area contributed by atoms with E-state index in [1.807, 2.05) is 13.0 Å². The van der Waals surface area contributed by atoms with Crippen LogP contribution in [0.3, 0.4) is 0 Å². The lowest BCUT2D eigenvalue weighted by Gasteiger charge is -2.06. The van der Waals surface area contributed by atoms with E-state index in [9.17, 15) is 4.79 Å². The Hall–Kier alpha value is -1.56. The van der Waals surface area contributed by atoms with Gasteiger partial charge in [0.25, 0.3) is 0 Å². The Morgan fingerprint density at radius 2 is 2.35 bits per heavy atom. The minimum Gasteiger partial charge on any atom is -0.481 e. The van der Waals surface area contributed by atoms with Gasteiger partial charge in [-0.2, -0.15) is 0 Å². The van der Waals surface area contributed by atoms with Crippen LogP contribution in [0.4, 0.5) is 0 Å². The second-order valence-corrected chi connectivity index (χ2v) is 6.40. The molecule has 2 atom stereocenters. The number of aryl methyl sites for hydroxylation is 1. The molecule has 2 aromatic heterocycles. The second-order valence-electron chi connectivity index (χ2n) is 5.46. The summed E-state index contributed by atoms with van der Waals surface area (Å²) in [5.41, 5.74) is 2.83. The first-order chi connectivity index (χ1) is 9.56. The number of aliphatic carboxylic acids is 1. The number of carboxylic acid groups (broad SMARTS) is 1. The van der Waals surface area contributed by atoms with Crippen molar-refractivity contribution >= 4 is 28.9 Å². The van der Waals surface area contributed by atoms with Crippen LogP contribution in [0.25, 0.3) is 11.2 Å². The van der Waals surface area contributed by atoms with Crippen LogP contribution >= 0.6 is 11.8 Å². The van der Waals surface area contributed by atoms with E-state index in [0.29, 0.717) is 5.92 Å². The molecule has 0 radical (unpaired) electrons. The monoisotopic (exact) mass is 291 g/mol. The van der Waals surface area contributed by atoms with Crippen molar-refractivity contribution in [3.63, 3.8) is 0 Å². The lowest BCUT2D eigenvalue weighted by molar-refractivity contribution is -0.133. The largest absolute Gasteiger partial charge is 0.481 e. The molecule has 0 amide bonds. The van der Waals surface area contributed by atoms with Crippen LogP contribution in [0.15, 0.2) is 17.4 Å². The molecule has 3 rings (SSSR count). The standard InChI is InChI=1S/C14H17N3O2S/c1-8-3-4-15-13-12(8)16-14(20-7-11(18)19)17(13)6-10-5-9(10)2/h3-4,9-10H,5-7H2,1-2H3,(H,18,19). The van der Waals surface area contributed by atoms with Gasteiger partial charge < -0.3 is 9.67 Å². The van der Waals surface area contributed by atoms with E-state index in [4.69, 9.17) is 5.11 Å². The first kappa shape index (κ1) is 13.4. The molecule has 106 valence electrons. The number of aromatic nitrogens is 3. The molecule has 1 aliphatic carbocycles. The molecule has 2 unspecified atom stereocenters. The Labute approximate surface area is 121 Å². The van der Waals surface area contributed by atoms with E-state index in [-0.39, 0.29) is 5.75 Å². The Balaban J connectivity index is 1.99. The molecular formula is C14H17N3O2S. The van der Waals surface area contributed by atoms with Crippen molar-refractivity contribution in [1.29, 1.82) is 0 Å². The molecule has 2 aromatic rings. The van der Waals surface area contributed by atoms with Crippen molar-refractivity contribution in [2.24, 2.45) is 11.8 Å². The zero-order valence-corrected chi connectivity index (χ0v) is 12.4. The van der Waals surface area contributed by atoms with Crippen LogP contribution in [0.2, 0.25) is 0 Å². The van der Waals surface area contributed by atoms with Crippen LogP contribution in [-0.2, 0) is 11.3 Å². The molecule has 1 aliphatic rings. The van der Waals surface area contributed by atoms with E-state index in [1.165, 1.54) is 18.2 Å². The highest BCUT2D eigenvalue weighted by atomic mass is 32.2. The number of thioether (sulfide) groups is 1. The summed E-state index contributed by atoms with van der Waals surface area (Å²) >= 11 is 1.27. The van der Waals surface area contributed by atoms with E-state index in [2.05, 4.69) is 21.5 Å². The fourth-order valence-electron chi connectivity index (χ4n) is 2.41. The number of hydrogen-bond donors (Lipinski definition) is 1. The summed E-state index contributed by atoms with van der Waals surface area (Å²) in [5.74, 6) is 0.620. The number of carboxylic acids is 1. The number of fused-ring (bicyclic) bond motifs is 1. The van der Waals surface area contributed by atoms with Gasteiger partial charge in [0.1, 0.15) is 5.52 Å². The van der Waals surface area contributed by atoms with Gasteiger partial charge in [-0.05, 0) is 36.8 Å². The van der Waals surface area contributed by atoms with Crippen LogP contribution in [-0.4, -0.2) is 31.4 Å². The van der Waals surface area contributed by atoms with Gasteiger partial charge in [-0.15, -0.1) is 0 Å². The van der Waals surface area contributed by atoms with Gasteiger partial charge in [0.15, 0.2) is 10.8 Å². The van der Waals surface area contributed by atoms with Crippen LogP contribution in [0.5, 0.6) is 0 Å². The maximum Gasteiger partial charge on any atom is 0.313 e. The maximum atomic E-state index is 10.8. The summed E-state index contributed by atoms with van der Waals surface area (Å²) in [6.45, 7) is 5.13. The number of carbonyl (C=O) groups is 1. The Morgan fingerprint density at radius 3 is 3.00 bits per heavy atom. The second kappa shape index (κ2) is 5.09. The molecule has 0 saturated heterocycles. The minimum atomic E-state index is -0.821.